The van der Waals surface area contributed by atoms with Gasteiger partial charge in [0.1, 0.15) is 10.6 Å². The van der Waals surface area contributed by atoms with Gasteiger partial charge in [-0.05, 0) is 42.9 Å². The summed E-state index contributed by atoms with van der Waals surface area (Å²) < 4.78 is 4.98. The van der Waals surface area contributed by atoms with Crippen LogP contribution < -0.4 is 5.32 Å². The predicted octanol–water partition coefficient (Wildman–Crippen LogP) is 4.62. The third-order valence-electron chi connectivity index (χ3n) is 5.89. The number of hydrogen-bond acceptors (Lipinski definition) is 5. The van der Waals surface area contributed by atoms with Gasteiger partial charge in [-0.25, -0.2) is 4.79 Å². The van der Waals surface area contributed by atoms with Gasteiger partial charge in [0.15, 0.2) is 0 Å². The smallest absolute Gasteiger partial charge is 0.341 e. The summed E-state index contributed by atoms with van der Waals surface area (Å²) in [6.45, 7) is 1.86. The van der Waals surface area contributed by atoms with Crippen LogP contribution >= 0.6 is 22.9 Å². The van der Waals surface area contributed by atoms with Crippen LogP contribution in [0.1, 0.15) is 21.7 Å². The van der Waals surface area contributed by atoms with Crippen molar-refractivity contribution in [3.05, 3.63) is 51.9 Å². The van der Waals surface area contributed by atoms with Crippen LogP contribution in [-0.2, 0) is 14.3 Å². The molecule has 156 valence electrons. The van der Waals surface area contributed by atoms with Gasteiger partial charge in [0, 0.05) is 15.5 Å². The Hall–Kier alpha value is -2.64. The number of thiophene rings is 1. The van der Waals surface area contributed by atoms with E-state index in [4.69, 9.17) is 16.3 Å². The lowest BCUT2D eigenvalue weighted by atomic mass is 9.82. The number of nitrogens with one attached hydrogen (secondary N) is 1. The molecule has 2 aromatic rings. The molecule has 4 rings (SSSR count). The highest BCUT2D eigenvalue weighted by molar-refractivity contribution is 7.17. The molecule has 1 saturated carbocycles. The maximum absolute atomic E-state index is 13.1. The van der Waals surface area contributed by atoms with Crippen molar-refractivity contribution in [2.45, 2.75) is 13.3 Å². The molecular weight excluding hydrogens is 426 g/mol. The first kappa shape index (κ1) is 20.6. The van der Waals surface area contributed by atoms with Crippen molar-refractivity contribution >= 4 is 45.8 Å². The van der Waals surface area contributed by atoms with Gasteiger partial charge < -0.3 is 15.2 Å². The molecule has 1 aromatic carbocycles. The fraction of sp³-hybridized carbons (Fsp3) is 0.318. The highest BCUT2D eigenvalue weighted by atomic mass is 35.5. The summed E-state index contributed by atoms with van der Waals surface area (Å²) in [5, 5.41) is 13.4. The molecule has 2 aliphatic carbocycles. The highest BCUT2D eigenvalue weighted by Crippen LogP contribution is 2.49. The molecule has 2 bridgehead atoms. The second-order valence-electron chi connectivity index (χ2n) is 7.56. The van der Waals surface area contributed by atoms with Crippen molar-refractivity contribution in [2.75, 3.05) is 12.4 Å². The van der Waals surface area contributed by atoms with E-state index in [0.29, 0.717) is 22.0 Å². The Morgan fingerprint density at radius 3 is 2.37 bits per heavy atom. The summed E-state index contributed by atoms with van der Waals surface area (Å²) in [6.07, 6.45) is 4.48. The molecule has 6 nitrogen and oxygen atoms in total. The Kier molecular flexibility index (Phi) is 5.42. The van der Waals surface area contributed by atoms with Crippen molar-refractivity contribution in [1.29, 1.82) is 0 Å². The van der Waals surface area contributed by atoms with E-state index in [2.05, 4.69) is 5.32 Å². The topological polar surface area (TPSA) is 92.7 Å². The zero-order chi connectivity index (χ0) is 21.6. The van der Waals surface area contributed by atoms with Crippen molar-refractivity contribution in [1.82, 2.24) is 0 Å². The van der Waals surface area contributed by atoms with Gasteiger partial charge in [-0.3, -0.25) is 9.59 Å². The van der Waals surface area contributed by atoms with E-state index in [1.807, 2.05) is 19.1 Å². The minimum absolute atomic E-state index is 0.102. The first-order valence-corrected chi connectivity index (χ1v) is 10.7. The van der Waals surface area contributed by atoms with E-state index in [1.165, 1.54) is 18.4 Å². The second kappa shape index (κ2) is 7.89. The number of aryl methyl sites for hydroxylation is 1. The Morgan fingerprint density at radius 2 is 1.77 bits per heavy atom. The van der Waals surface area contributed by atoms with Crippen molar-refractivity contribution in [3.8, 4) is 11.1 Å². The molecule has 0 spiro atoms. The van der Waals surface area contributed by atoms with Gasteiger partial charge in [0.05, 0.1) is 18.9 Å². The lowest BCUT2D eigenvalue weighted by Crippen LogP contribution is -2.36. The van der Waals surface area contributed by atoms with Crippen molar-refractivity contribution in [3.63, 3.8) is 0 Å². The number of hydrogen-bond donors (Lipinski definition) is 2. The number of carboxylic acids is 1. The number of esters is 1. The molecule has 0 radical (unpaired) electrons. The quantitative estimate of drug-likeness (QED) is 0.517. The fourth-order valence-corrected chi connectivity index (χ4v) is 5.80. The number of ether oxygens (including phenoxy) is 1. The fourth-order valence-electron chi connectivity index (χ4n) is 4.61. The van der Waals surface area contributed by atoms with Crippen LogP contribution in [-0.4, -0.2) is 30.1 Å². The molecule has 0 unspecified atom stereocenters. The molecule has 30 heavy (non-hydrogen) atoms. The summed E-state index contributed by atoms with van der Waals surface area (Å²) in [5.74, 6) is -3.56. The molecule has 4 atom stereocenters. The Balaban J connectivity index is 1.71. The number of halogens is 1. The number of aliphatic carboxylic acids is 1. The van der Waals surface area contributed by atoms with Gasteiger partial charge in [0.25, 0.3) is 0 Å². The summed E-state index contributed by atoms with van der Waals surface area (Å²) in [6, 6.07) is 7.06. The molecule has 2 N–H and O–H groups in total. The van der Waals surface area contributed by atoms with Crippen LogP contribution in [0, 0.1) is 30.6 Å². The molecule has 1 heterocycles. The van der Waals surface area contributed by atoms with Crippen LogP contribution in [0.2, 0.25) is 5.02 Å². The van der Waals surface area contributed by atoms with Crippen molar-refractivity contribution < 1.29 is 24.2 Å². The molecule has 0 aliphatic heterocycles. The molecular formula is C22H20ClNO5S. The van der Waals surface area contributed by atoms with Crippen LogP contribution in [0.4, 0.5) is 5.00 Å². The maximum atomic E-state index is 13.1. The number of methoxy groups -OCH3 is 1. The van der Waals surface area contributed by atoms with Crippen molar-refractivity contribution in [2.24, 2.45) is 23.7 Å². The third-order valence-corrected chi connectivity index (χ3v) is 7.16. The first-order valence-electron chi connectivity index (χ1n) is 9.51. The number of carbonyl (C=O) groups excluding carboxylic acids is 2. The lowest BCUT2D eigenvalue weighted by molar-refractivity contribution is -0.146. The average Bonchev–Trinajstić information content (AvgIpc) is 3.41. The first-order chi connectivity index (χ1) is 14.3. The zero-order valence-electron chi connectivity index (χ0n) is 16.3. The number of anilines is 1. The van der Waals surface area contributed by atoms with Gasteiger partial charge >= 0.3 is 11.9 Å². The number of benzene rings is 1. The normalized spacial score (nSPS) is 24.1. The minimum atomic E-state index is -0.968. The lowest BCUT2D eigenvalue weighted by Gasteiger charge is -2.23. The molecule has 8 heteroatoms. The summed E-state index contributed by atoms with van der Waals surface area (Å²) >= 11 is 7.26. The largest absolute Gasteiger partial charge is 0.481 e. The Morgan fingerprint density at radius 1 is 1.13 bits per heavy atom. The molecule has 1 fully saturated rings. The van der Waals surface area contributed by atoms with E-state index < -0.39 is 23.8 Å². The number of carbonyl (C=O) groups is 3. The molecule has 1 aromatic heterocycles. The number of amides is 1. The van der Waals surface area contributed by atoms with Gasteiger partial charge in [-0.15, -0.1) is 11.3 Å². The van der Waals surface area contributed by atoms with Crippen LogP contribution in [0.5, 0.6) is 0 Å². The van der Waals surface area contributed by atoms with Gasteiger partial charge in [-0.2, -0.15) is 0 Å². The Bertz CT molecular complexity index is 1060. The van der Waals surface area contributed by atoms with E-state index in [1.54, 1.807) is 24.3 Å². The number of fused-ring (bicyclic) bond motifs is 2. The molecule has 0 saturated heterocycles. The summed E-state index contributed by atoms with van der Waals surface area (Å²) in [5.41, 5.74) is 1.71. The van der Waals surface area contributed by atoms with E-state index >= 15 is 0 Å². The monoisotopic (exact) mass is 445 g/mol. The molecule has 1 amide bonds. The summed E-state index contributed by atoms with van der Waals surface area (Å²) in [7, 11) is 1.29. The molecule has 2 aliphatic rings. The third kappa shape index (κ3) is 3.42. The van der Waals surface area contributed by atoms with Gasteiger partial charge in [-0.1, -0.05) is 35.9 Å². The second-order valence-corrected chi connectivity index (χ2v) is 9.22. The SMILES string of the molecule is COC(=O)c1c(NC(=O)[C@H]2[C@@H](C(=O)O)[C@H]3C=C[C@@H]2C3)sc(C)c1-c1ccc(Cl)cc1. The Labute approximate surface area is 182 Å². The number of rotatable bonds is 5. The highest BCUT2D eigenvalue weighted by Gasteiger charge is 2.51. The van der Waals surface area contributed by atoms with Crippen LogP contribution in [0.15, 0.2) is 36.4 Å². The number of allylic oxidation sites excluding steroid dienone is 2. The zero-order valence-corrected chi connectivity index (χ0v) is 17.9. The van der Waals surface area contributed by atoms with E-state index in [0.717, 1.165) is 10.4 Å². The van der Waals surface area contributed by atoms with E-state index in [-0.39, 0.29) is 23.3 Å². The van der Waals surface area contributed by atoms with Gasteiger partial charge in [0.2, 0.25) is 5.91 Å². The predicted molar refractivity (Wildman–Crippen MR) is 115 cm³/mol. The average molecular weight is 446 g/mol. The van der Waals surface area contributed by atoms with Crippen LogP contribution in [0.25, 0.3) is 11.1 Å². The van der Waals surface area contributed by atoms with Crippen LogP contribution in [0.3, 0.4) is 0 Å². The van der Waals surface area contributed by atoms with E-state index in [9.17, 15) is 19.5 Å². The summed E-state index contributed by atoms with van der Waals surface area (Å²) in [4.78, 5) is 38.3. The number of carboxylic acid groups (broad SMARTS) is 1. The maximum Gasteiger partial charge on any atom is 0.341 e. The standard InChI is InChI=1S/C22H20ClNO5S/c1-10-15(11-5-7-14(23)8-6-11)18(22(28)29-2)20(30-10)24-19(25)16-12-3-4-13(9-12)17(16)21(26)27/h3-8,12-13,16-17H,9H2,1-2H3,(H,24,25)(H,26,27)/t12-,13+,16-,17+/m1/s1. The minimum Gasteiger partial charge on any atom is -0.481 e.